The normalized spacial score (nSPS) is 17.2. The Kier molecular flexibility index (Phi) is 3.56. The number of aromatic nitrogens is 3. The van der Waals surface area contributed by atoms with Gasteiger partial charge in [0.25, 0.3) is 0 Å². The molecular weight excluding hydrogens is 278 g/mol. The van der Waals surface area contributed by atoms with E-state index in [4.69, 9.17) is 4.74 Å². The van der Waals surface area contributed by atoms with Crippen LogP contribution >= 0.6 is 0 Å². The summed E-state index contributed by atoms with van der Waals surface area (Å²) in [5.41, 5.74) is 3.30. The Hall–Kier alpha value is -2.43. The minimum atomic E-state index is -0.0498. The molecule has 1 N–H and O–H groups in total. The van der Waals surface area contributed by atoms with Crippen LogP contribution in [0, 0.1) is 5.41 Å². The molecule has 3 rings (SSSR count). The molecule has 2 aromatic rings. The summed E-state index contributed by atoms with van der Waals surface area (Å²) in [6, 6.07) is 7.67. The maximum atomic E-state index is 12.0. The molecule has 0 radical (unpaired) electrons. The predicted octanol–water partition coefficient (Wildman–Crippen LogP) is 3.25. The molecule has 114 valence electrons. The molecule has 1 aliphatic carbocycles. The van der Waals surface area contributed by atoms with Crippen molar-refractivity contribution in [3.8, 4) is 17.0 Å². The SMILES string of the molecule is COc1cccc(-c2n[nH]nc2C2=CC(=O)CC(C)(C)C2)c1. The van der Waals surface area contributed by atoms with Crippen LogP contribution in [0.3, 0.4) is 0 Å². The Balaban J connectivity index is 2.04. The van der Waals surface area contributed by atoms with Crippen molar-refractivity contribution in [2.24, 2.45) is 5.41 Å². The van der Waals surface area contributed by atoms with Crippen LogP contribution in [0.15, 0.2) is 30.3 Å². The Morgan fingerprint density at radius 1 is 1.18 bits per heavy atom. The third-order valence-corrected chi connectivity index (χ3v) is 3.85. The van der Waals surface area contributed by atoms with Gasteiger partial charge in [-0.15, -0.1) is 0 Å². The number of carbonyl (C=O) groups excluding carboxylic acids is 1. The lowest BCUT2D eigenvalue weighted by Gasteiger charge is -2.28. The van der Waals surface area contributed by atoms with E-state index in [9.17, 15) is 4.79 Å². The van der Waals surface area contributed by atoms with Gasteiger partial charge in [-0.1, -0.05) is 26.0 Å². The number of H-pyrrole nitrogens is 1. The van der Waals surface area contributed by atoms with Gasteiger partial charge in [0.1, 0.15) is 17.1 Å². The second kappa shape index (κ2) is 5.40. The Morgan fingerprint density at radius 2 is 1.95 bits per heavy atom. The lowest BCUT2D eigenvalue weighted by atomic mass is 9.75. The molecule has 0 spiro atoms. The van der Waals surface area contributed by atoms with Crippen molar-refractivity contribution in [1.29, 1.82) is 0 Å². The van der Waals surface area contributed by atoms with Crippen molar-refractivity contribution in [2.75, 3.05) is 7.11 Å². The number of aromatic amines is 1. The maximum Gasteiger partial charge on any atom is 0.156 e. The number of nitrogens with zero attached hydrogens (tertiary/aromatic N) is 2. The highest BCUT2D eigenvalue weighted by molar-refractivity contribution is 5.99. The van der Waals surface area contributed by atoms with E-state index in [1.54, 1.807) is 13.2 Å². The zero-order valence-electron chi connectivity index (χ0n) is 13.0. The molecule has 0 amide bonds. The zero-order valence-corrected chi connectivity index (χ0v) is 13.0. The van der Waals surface area contributed by atoms with Crippen LogP contribution in [-0.2, 0) is 4.79 Å². The van der Waals surface area contributed by atoms with E-state index < -0.39 is 0 Å². The number of allylic oxidation sites excluding steroid dienone is 2. The van der Waals surface area contributed by atoms with Gasteiger partial charge >= 0.3 is 0 Å². The first-order valence-electron chi connectivity index (χ1n) is 7.27. The van der Waals surface area contributed by atoms with Crippen LogP contribution in [-0.4, -0.2) is 28.3 Å². The second-order valence-electron chi connectivity index (χ2n) is 6.41. The Bertz CT molecular complexity index is 744. The fourth-order valence-corrected chi connectivity index (χ4v) is 2.92. The van der Waals surface area contributed by atoms with E-state index in [1.807, 2.05) is 24.3 Å². The molecule has 1 aromatic heterocycles. The smallest absolute Gasteiger partial charge is 0.156 e. The number of nitrogens with one attached hydrogen (secondary N) is 1. The number of ether oxygens (including phenoxy) is 1. The summed E-state index contributed by atoms with van der Waals surface area (Å²) >= 11 is 0. The molecule has 1 aromatic carbocycles. The molecule has 1 heterocycles. The minimum absolute atomic E-state index is 0.0498. The molecule has 5 nitrogen and oxygen atoms in total. The number of hydrogen-bond donors (Lipinski definition) is 1. The first-order valence-corrected chi connectivity index (χ1v) is 7.27. The average Bonchev–Trinajstić information content (AvgIpc) is 2.94. The number of benzene rings is 1. The van der Waals surface area contributed by atoms with E-state index >= 15 is 0 Å². The fraction of sp³-hybridized carbons (Fsp3) is 0.353. The molecule has 0 fully saturated rings. The molecule has 22 heavy (non-hydrogen) atoms. The number of rotatable bonds is 3. The summed E-state index contributed by atoms with van der Waals surface area (Å²) in [6.45, 7) is 4.20. The van der Waals surface area contributed by atoms with E-state index in [0.29, 0.717) is 6.42 Å². The van der Waals surface area contributed by atoms with Gasteiger partial charge in [-0.3, -0.25) is 4.79 Å². The highest BCUT2D eigenvalue weighted by atomic mass is 16.5. The number of methoxy groups -OCH3 is 1. The van der Waals surface area contributed by atoms with Crippen LogP contribution in [0.2, 0.25) is 0 Å². The third-order valence-electron chi connectivity index (χ3n) is 3.85. The van der Waals surface area contributed by atoms with Crippen LogP contribution in [0.1, 0.15) is 32.4 Å². The monoisotopic (exact) mass is 297 g/mol. The van der Waals surface area contributed by atoms with Gasteiger partial charge in [-0.2, -0.15) is 15.4 Å². The maximum absolute atomic E-state index is 12.0. The Labute approximate surface area is 129 Å². The summed E-state index contributed by atoms with van der Waals surface area (Å²) in [7, 11) is 1.63. The van der Waals surface area contributed by atoms with Gasteiger partial charge in [0.15, 0.2) is 5.78 Å². The van der Waals surface area contributed by atoms with Crippen LogP contribution < -0.4 is 4.74 Å². The van der Waals surface area contributed by atoms with E-state index in [2.05, 4.69) is 29.3 Å². The van der Waals surface area contributed by atoms with Crippen molar-refractivity contribution in [3.63, 3.8) is 0 Å². The first-order chi connectivity index (χ1) is 10.5. The summed E-state index contributed by atoms with van der Waals surface area (Å²) in [5.74, 6) is 0.909. The lowest BCUT2D eigenvalue weighted by Crippen LogP contribution is -2.21. The van der Waals surface area contributed by atoms with Crippen LogP contribution in [0.25, 0.3) is 16.8 Å². The third kappa shape index (κ3) is 2.79. The topological polar surface area (TPSA) is 67.9 Å². The fourth-order valence-electron chi connectivity index (χ4n) is 2.92. The van der Waals surface area contributed by atoms with Crippen LogP contribution in [0.4, 0.5) is 0 Å². The zero-order chi connectivity index (χ0) is 15.7. The average molecular weight is 297 g/mol. The predicted molar refractivity (Wildman–Crippen MR) is 84.4 cm³/mol. The second-order valence-corrected chi connectivity index (χ2v) is 6.41. The van der Waals surface area contributed by atoms with Gasteiger partial charge in [0.2, 0.25) is 0 Å². The largest absolute Gasteiger partial charge is 0.497 e. The van der Waals surface area contributed by atoms with Gasteiger partial charge in [-0.25, -0.2) is 0 Å². The molecular formula is C17H19N3O2. The summed E-state index contributed by atoms with van der Waals surface area (Å²) in [5, 5.41) is 11.2. The van der Waals surface area contributed by atoms with Gasteiger partial charge in [0, 0.05) is 12.0 Å². The van der Waals surface area contributed by atoms with Gasteiger partial charge in [0.05, 0.1) is 7.11 Å². The number of ketones is 1. The summed E-state index contributed by atoms with van der Waals surface area (Å²) in [4.78, 5) is 12.0. The first kappa shape index (κ1) is 14.5. The highest BCUT2D eigenvalue weighted by Gasteiger charge is 2.30. The van der Waals surface area contributed by atoms with E-state index in [-0.39, 0.29) is 11.2 Å². The van der Waals surface area contributed by atoms with E-state index in [1.165, 1.54) is 0 Å². The number of hydrogen-bond acceptors (Lipinski definition) is 4. The Morgan fingerprint density at radius 3 is 2.68 bits per heavy atom. The standard InChI is InChI=1S/C17H19N3O2/c1-17(2)9-12(7-13(21)10-17)16-15(18-20-19-16)11-5-4-6-14(8-11)22-3/h4-8H,9-10H2,1-3H3,(H,18,19,20). The van der Waals surface area contributed by atoms with Crippen molar-refractivity contribution in [2.45, 2.75) is 26.7 Å². The number of carbonyl (C=O) groups is 1. The quantitative estimate of drug-likeness (QED) is 0.944. The van der Waals surface area contributed by atoms with Gasteiger partial charge < -0.3 is 4.74 Å². The summed E-state index contributed by atoms with van der Waals surface area (Å²) in [6.07, 6.45) is 3.08. The molecule has 5 heteroatoms. The molecule has 0 bridgehead atoms. The van der Waals surface area contributed by atoms with Crippen molar-refractivity contribution in [3.05, 3.63) is 36.0 Å². The van der Waals surface area contributed by atoms with Crippen LogP contribution in [0.5, 0.6) is 5.75 Å². The highest BCUT2D eigenvalue weighted by Crippen LogP contribution is 2.39. The molecule has 0 saturated carbocycles. The molecule has 0 atom stereocenters. The van der Waals surface area contributed by atoms with Crippen molar-refractivity contribution >= 4 is 11.4 Å². The minimum Gasteiger partial charge on any atom is -0.497 e. The molecule has 0 aliphatic heterocycles. The van der Waals surface area contributed by atoms with E-state index in [0.717, 1.165) is 34.7 Å². The molecule has 1 aliphatic rings. The van der Waals surface area contributed by atoms with Crippen molar-refractivity contribution < 1.29 is 9.53 Å². The summed E-state index contributed by atoms with van der Waals surface area (Å²) < 4.78 is 5.26. The molecule has 0 unspecified atom stereocenters. The van der Waals surface area contributed by atoms with Crippen molar-refractivity contribution in [1.82, 2.24) is 15.4 Å². The lowest BCUT2D eigenvalue weighted by molar-refractivity contribution is -0.116. The van der Waals surface area contributed by atoms with Gasteiger partial charge in [-0.05, 0) is 35.6 Å². The molecule has 0 saturated heterocycles.